The molecule has 2 aliphatic heterocycles. The Morgan fingerprint density at radius 3 is 2.52 bits per heavy atom. The van der Waals surface area contributed by atoms with Crippen molar-refractivity contribution in [3.05, 3.63) is 47.5 Å². The number of benzene rings is 2. The zero-order valence-electron chi connectivity index (χ0n) is 16.6. The monoisotopic (exact) mass is 440 g/mol. The number of carbonyl (C=O) groups is 2. The molecule has 0 unspecified atom stereocenters. The summed E-state index contributed by atoms with van der Waals surface area (Å²) in [7, 11) is -3.91. The first-order chi connectivity index (χ1) is 14.9. The summed E-state index contributed by atoms with van der Waals surface area (Å²) in [6.45, 7) is 0. The van der Waals surface area contributed by atoms with E-state index in [1.807, 2.05) is 0 Å². The lowest BCUT2D eigenvalue weighted by Gasteiger charge is -2.21. The molecule has 0 saturated heterocycles. The SMILES string of the molecule is O=C(Nc1ccc2c(c1)OC1(CCCC1)O2)c1ccc2c(c1)S(=O)(=O)N(C1CC1)C2=O. The zero-order valence-corrected chi connectivity index (χ0v) is 17.4. The number of ether oxygens (including phenoxy) is 2. The quantitative estimate of drug-likeness (QED) is 0.786. The molecule has 2 heterocycles. The molecule has 2 fully saturated rings. The summed E-state index contributed by atoms with van der Waals surface area (Å²) in [6, 6.07) is 9.09. The first kappa shape index (κ1) is 18.7. The third-order valence-electron chi connectivity index (χ3n) is 6.25. The van der Waals surface area contributed by atoms with Crippen LogP contribution in [0.1, 0.15) is 59.2 Å². The van der Waals surface area contributed by atoms with Crippen LogP contribution in [0.5, 0.6) is 11.5 Å². The predicted molar refractivity (Wildman–Crippen MR) is 110 cm³/mol. The van der Waals surface area contributed by atoms with Gasteiger partial charge in [-0.1, -0.05) is 0 Å². The maximum atomic E-state index is 12.8. The number of carbonyl (C=O) groups excluding carboxylic acids is 2. The van der Waals surface area contributed by atoms with Crippen molar-refractivity contribution in [2.45, 2.75) is 55.2 Å². The van der Waals surface area contributed by atoms with E-state index in [0.29, 0.717) is 30.0 Å². The van der Waals surface area contributed by atoms with Crippen molar-refractivity contribution in [2.24, 2.45) is 0 Å². The molecule has 2 amide bonds. The second kappa shape index (κ2) is 6.23. The molecule has 0 atom stereocenters. The molecule has 160 valence electrons. The molecular formula is C22H20N2O6S. The Labute approximate surface area is 179 Å². The van der Waals surface area contributed by atoms with Gasteiger partial charge in [-0.05, 0) is 56.0 Å². The minimum Gasteiger partial charge on any atom is -0.448 e. The average molecular weight is 440 g/mol. The Hall–Kier alpha value is -3.07. The fourth-order valence-corrected chi connectivity index (χ4v) is 6.39. The minimum absolute atomic E-state index is 0.106. The van der Waals surface area contributed by atoms with E-state index in [1.165, 1.54) is 18.2 Å². The van der Waals surface area contributed by atoms with E-state index in [9.17, 15) is 18.0 Å². The van der Waals surface area contributed by atoms with Crippen LogP contribution in [0.4, 0.5) is 5.69 Å². The van der Waals surface area contributed by atoms with E-state index < -0.39 is 27.6 Å². The van der Waals surface area contributed by atoms with Gasteiger partial charge in [-0.25, -0.2) is 12.7 Å². The Morgan fingerprint density at radius 2 is 1.77 bits per heavy atom. The van der Waals surface area contributed by atoms with E-state index in [0.717, 1.165) is 30.0 Å². The molecule has 2 aromatic rings. The summed E-state index contributed by atoms with van der Waals surface area (Å²) in [5.74, 6) is -0.325. The molecular weight excluding hydrogens is 420 g/mol. The lowest BCUT2D eigenvalue weighted by atomic mass is 10.1. The number of nitrogens with zero attached hydrogens (tertiary/aromatic N) is 1. The maximum absolute atomic E-state index is 12.8. The van der Waals surface area contributed by atoms with Crippen LogP contribution in [-0.4, -0.2) is 36.4 Å². The third-order valence-corrected chi connectivity index (χ3v) is 8.12. The molecule has 6 rings (SSSR count). The summed E-state index contributed by atoms with van der Waals surface area (Å²) >= 11 is 0. The smallest absolute Gasteiger partial charge is 0.269 e. The molecule has 4 aliphatic rings. The highest BCUT2D eigenvalue weighted by molar-refractivity contribution is 7.90. The second-order valence-corrected chi connectivity index (χ2v) is 10.3. The molecule has 2 saturated carbocycles. The lowest BCUT2D eigenvalue weighted by molar-refractivity contribution is -0.0716. The standard InChI is InChI=1S/C22H20N2O6S/c25-20(23-14-4-8-17-18(12-14)30-22(29-17)9-1-2-10-22)13-3-7-16-19(11-13)31(27,28)24(21(16)26)15-5-6-15/h3-4,7-8,11-12,15H,1-2,5-6,9-10H2,(H,23,25). The number of anilines is 1. The maximum Gasteiger partial charge on any atom is 0.269 e. The minimum atomic E-state index is -3.91. The van der Waals surface area contributed by atoms with Gasteiger partial charge in [0.1, 0.15) is 4.90 Å². The highest BCUT2D eigenvalue weighted by atomic mass is 32.2. The van der Waals surface area contributed by atoms with Crippen LogP contribution in [0, 0.1) is 0 Å². The predicted octanol–water partition coefficient (Wildman–Crippen LogP) is 3.29. The molecule has 2 aliphatic carbocycles. The molecule has 0 bridgehead atoms. The number of hydrogen-bond acceptors (Lipinski definition) is 6. The highest BCUT2D eigenvalue weighted by Crippen LogP contribution is 2.47. The lowest BCUT2D eigenvalue weighted by Crippen LogP contribution is -2.34. The average Bonchev–Trinajstić information content (AvgIpc) is 3.29. The zero-order chi connectivity index (χ0) is 21.4. The van der Waals surface area contributed by atoms with Crippen molar-refractivity contribution < 1.29 is 27.5 Å². The van der Waals surface area contributed by atoms with Gasteiger partial charge in [0.15, 0.2) is 11.5 Å². The van der Waals surface area contributed by atoms with Crippen LogP contribution in [0.3, 0.4) is 0 Å². The Morgan fingerprint density at radius 1 is 1.03 bits per heavy atom. The number of rotatable bonds is 3. The molecule has 1 N–H and O–H groups in total. The number of nitrogens with one attached hydrogen (secondary N) is 1. The number of sulfonamides is 1. The van der Waals surface area contributed by atoms with Crippen molar-refractivity contribution in [3.8, 4) is 11.5 Å². The van der Waals surface area contributed by atoms with Crippen LogP contribution in [0.25, 0.3) is 0 Å². The van der Waals surface area contributed by atoms with Gasteiger partial charge in [0.25, 0.3) is 27.6 Å². The van der Waals surface area contributed by atoms with Crippen molar-refractivity contribution in [2.75, 3.05) is 5.32 Å². The fourth-order valence-electron chi connectivity index (χ4n) is 4.55. The summed E-state index contributed by atoms with van der Waals surface area (Å²) in [5.41, 5.74) is 0.799. The molecule has 31 heavy (non-hydrogen) atoms. The summed E-state index contributed by atoms with van der Waals surface area (Å²) in [6.07, 6.45) is 5.14. The molecule has 2 aromatic carbocycles. The van der Waals surface area contributed by atoms with E-state index in [-0.39, 0.29) is 22.1 Å². The largest absolute Gasteiger partial charge is 0.448 e. The van der Waals surface area contributed by atoms with Gasteiger partial charge in [0.05, 0.1) is 5.56 Å². The first-order valence-corrected chi connectivity index (χ1v) is 11.9. The van der Waals surface area contributed by atoms with Gasteiger partial charge in [-0.2, -0.15) is 0 Å². The van der Waals surface area contributed by atoms with Gasteiger partial charge < -0.3 is 14.8 Å². The van der Waals surface area contributed by atoms with Crippen molar-refractivity contribution in [1.29, 1.82) is 0 Å². The summed E-state index contributed by atoms with van der Waals surface area (Å²) in [4.78, 5) is 25.2. The van der Waals surface area contributed by atoms with E-state index in [1.54, 1.807) is 18.2 Å². The third kappa shape index (κ3) is 2.83. The number of amides is 2. The van der Waals surface area contributed by atoms with Crippen molar-refractivity contribution >= 4 is 27.5 Å². The Balaban J connectivity index is 1.25. The second-order valence-electron chi connectivity index (χ2n) is 8.49. The number of hydrogen-bond donors (Lipinski definition) is 1. The molecule has 8 nitrogen and oxygen atoms in total. The number of fused-ring (bicyclic) bond motifs is 2. The molecule has 1 spiro atoms. The van der Waals surface area contributed by atoms with Crippen LogP contribution in [-0.2, 0) is 10.0 Å². The molecule has 9 heteroatoms. The van der Waals surface area contributed by atoms with Crippen LogP contribution < -0.4 is 14.8 Å². The Kier molecular flexibility index (Phi) is 3.75. The summed E-state index contributed by atoms with van der Waals surface area (Å²) < 4.78 is 38.6. The topological polar surface area (TPSA) is 102 Å². The van der Waals surface area contributed by atoms with Gasteiger partial charge in [-0.3, -0.25) is 9.59 Å². The first-order valence-electron chi connectivity index (χ1n) is 10.4. The van der Waals surface area contributed by atoms with Crippen LogP contribution in [0.15, 0.2) is 41.3 Å². The fraction of sp³-hybridized carbons (Fsp3) is 0.364. The van der Waals surface area contributed by atoms with Crippen molar-refractivity contribution in [3.63, 3.8) is 0 Å². The molecule has 0 aromatic heterocycles. The van der Waals surface area contributed by atoms with Crippen LogP contribution >= 0.6 is 0 Å². The normalized spacial score (nSPS) is 22.1. The van der Waals surface area contributed by atoms with E-state index >= 15 is 0 Å². The van der Waals surface area contributed by atoms with Gasteiger partial charge in [0, 0.05) is 36.2 Å². The van der Waals surface area contributed by atoms with E-state index in [4.69, 9.17) is 9.47 Å². The highest BCUT2D eigenvalue weighted by Gasteiger charge is 2.49. The Bertz CT molecular complexity index is 1240. The van der Waals surface area contributed by atoms with Crippen molar-refractivity contribution in [1.82, 2.24) is 4.31 Å². The van der Waals surface area contributed by atoms with E-state index in [2.05, 4.69) is 5.32 Å². The summed E-state index contributed by atoms with van der Waals surface area (Å²) in [5, 5.41) is 2.78. The van der Waals surface area contributed by atoms with Gasteiger partial charge in [-0.15, -0.1) is 0 Å². The van der Waals surface area contributed by atoms with Gasteiger partial charge in [0.2, 0.25) is 0 Å². The molecule has 0 radical (unpaired) electrons. The van der Waals surface area contributed by atoms with Gasteiger partial charge >= 0.3 is 0 Å². The van der Waals surface area contributed by atoms with Crippen LogP contribution in [0.2, 0.25) is 0 Å².